The van der Waals surface area contributed by atoms with Crippen molar-refractivity contribution in [1.82, 2.24) is 0 Å². The fourth-order valence-electron chi connectivity index (χ4n) is 2.74. The van der Waals surface area contributed by atoms with Crippen molar-refractivity contribution < 1.29 is 28.2 Å². The van der Waals surface area contributed by atoms with E-state index in [1.807, 2.05) is 43.3 Å². The van der Waals surface area contributed by atoms with Crippen molar-refractivity contribution >= 4 is 17.3 Å². The minimum absolute atomic E-state index is 0.0775. The van der Waals surface area contributed by atoms with E-state index >= 15 is 0 Å². The maximum absolute atomic E-state index is 12.7. The fourth-order valence-corrected chi connectivity index (χ4v) is 2.74. The molecule has 8 heteroatoms. The minimum atomic E-state index is -0.478. The Bertz CT molecular complexity index is 1000. The van der Waals surface area contributed by atoms with Crippen LogP contribution in [0.2, 0.25) is 0 Å². The fraction of sp³-hybridized carbons (Fsp3) is 0.227. The molecule has 0 saturated carbocycles. The van der Waals surface area contributed by atoms with E-state index in [2.05, 4.69) is 5.32 Å². The summed E-state index contributed by atoms with van der Waals surface area (Å²) in [7, 11) is 8.40. The normalized spacial score (nSPS) is 10.3. The summed E-state index contributed by atoms with van der Waals surface area (Å²) in [4.78, 5) is 14.7. The Kier molecular flexibility index (Phi) is 6.36. The van der Waals surface area contributed by atoms with E-state index in [9.17, 15) is 4.79 Å². The van der Waals surface area contributed by atoms with Crippen LogP contribution in [0.5, 0.6) is 28.9 Å². The van der Waals surface area contributed by atoms with Crippen molar-refractivity contribution in [2.45, 2.75) is 0 Å². The third kappa shape index (κ3) is 4.60. The number of anilines is 2. The first-order valence-corrected chi connectivity index (χ1v) is 9.11. The van der Waals surface area contributed by atoms with Crippen molar-refractivity contribution in [2.75, 3.05) is 45.6 Å². The molecular formula is C22H24N2O6. The van der Waals surface area contributed by atoms with Gasteiger partial charge in [-0.1, -0.05) is 6.07 Å². The zero-order valence-corrected chi connectivity index (χ0v) is 17.5. The molecule has 1 aromatic heterocycles. The Hall–Kier alpha value is -3.81. The Morgan fingerprint density at radius 1 is 0.900 bits per heavy atom. The van der Waals surface area contributed by atoms with E-state index in [1.54, 1.807) is 18.2 Å². The molecule has 1 amide bonds. The lowest BCUT2D eigenvalue weighted by Crippen LogP contribution is -2.13. The summed E-state index contributed by atoms with van der Waals surface area (Å²) in [5.74, 6) is 1.72. The highest BCUT2D eigenvalue weighted by atomic mass is 16.6. The van der Waals surface area contributed by atoms with E-state index in [-0.39, 0.29) is 11.7 Å². The van der Waals surface area contributed by atoms with Gasteiger partial charge in [-0.3, -0.25) is 4.79 Å². The first-order valence-electron chi connectivity index (χ1n) is 9.11. The van der Waals surface area contributed by atoms with Crippen molar-refractivity contribution in [3.05, 3.63) is 54.3 Å². The van der Waals surface area contributed by atoms with Gasteiger partial charge in [0.25, 0.3) is 11.9 Å². The van der Waals surface area contributed by atoms with Crippen LogP contribution in [-0.4, -0.2) is 41.3 Å². The van der Waals surface area contributed by atoms with Crippen LogP contribution in [0.4, 0.5) is 11.4 Å². The maximum Gasteiger partial charge on any atom is 0.291 e. The van der Waals surface area contributed by atoms with Gasteiger partial charge in [0.2, 0.25) is 0 Å². The molecule has 0 aliphatic carbocycles. The molecule has 0 spiro atoms. The van der Waals surface area contributed by atoms with Gasteiger partial charge >= 0.3 is 0 Å². The SMILES string of the molecule is COc1cc(OC)c(NC(=O)c2ccc(Oc3cccc(N(C)C)c3)o2)c(OC)c1. The van der Waals surface area contributed by atoms with Gasteiger partial charge < -0.3 is 33.6 Å². The summed E-state index contributed by atoms with van der Waals surface area (Å²) < 4.78 is 27.2. The topological polar surface area (TPSA) is 82.4 Å². The third-order valence-corrected chi connectivity index (χ3v) is 4.31. The zero-order valence-electron chi connectivity index (χ0n) is 17.5. The van der Waals surface area contributed by atoms with E-state index in [0.29, 0.717) is 28.7 Å². The molecular weight excluding hydrogens is 388 g/mol. The Morgan fingerprint density at radius 2 is 1.60 bits per heavy atom. The molecule has 0 aliphatic rings. The summed E-state index contributed by atoms with van der Waals surface area (Å²) in [5.41, 5.74) is 1.35. The number of ether oxygens (including phenoxy) is 4. The molecule has 0 aliphatic heterocycles. The molecule has 0 atom stereocenters. The number of hydrogen-bond donors (Lipinski definition) is 1. The number of amides is 1. The van der Waals surface area contributed by atoms with Crippen molar-refractivity contribution in [2.24, 2.45) is 0 Å². The van der Waals surface area contributed by atoms with Gasteiger partial charge in [-0.05, 0) is 18.2 Å². The number of hydrogen-bond acceptors (Lipinski definition) is 7. The minimum Gasteiger partial charge on any atom is -0.496 e. The van der Waals surface area contributed by atoms with Gasteiger partial charge in [-0.15, -0.1) is 0 Å². The molecule has 1 N–H and O–H groups in total. The Labute approximate surface area is 174 Å². The van der Waals surface area contributed by atoms with Crippen LogP contribution in [0.3, 0.4) is 0 Å². The molecule has 0 unspecified atom stereocenters. The molecule has 3 aromatic rings. The van der Waals surface area contributed by atoms with E-state index in [1.165, 1.54) is 27.4 Å². The number of methoxy groups -OCH3 is 3. The Balaban J connectivity index is 1.78. The summed E-state index contributed by atoms with van der Waals surface area (Å²) >= 11 is 0. The second-order valence-electron chi connectivity index (χ2n) is 6.47. The van der Waals surface area contributed by atoms with Crippen molar-refractivity contribution in [1.29, 1.82) is 0 Å². The molecule has 158 valence electrons. The number of nitrogens with zero attached hydrogens (tertiary/aromatic N) is 1. The molecule has 0 fully saturated rings. The molecule has 0 bridgehead atoms. The monoisotopic (exact) mass is 412 g/mol. The number of carbonyl (C=O) groups excluding carboxylic acids is 1. The predicted molar refractivity (Wildman–Crippen MR) is 114 cm³/mol. The molecule has 1 heterocycles. The number of benzene rings is 2. The van der Waals surface area contributed by atoms with Gasteiger partial charge in [0.05, 0.1) is 21.3 Å². The largest absolute Gasteiger partial charge is 0.496 e. The first kappa shape index (κ1) is 20.9. The van der Waals surface area contributed by atoms with Crippen LogP contribution in [0.25, 0.3) is 0 Å². The van der Waals surface area contributed by atoms with Crippen LogP contribution in [0.15, 0.2) is 52.9 Å². The maximum atomic E-state index is 12.7. The average Bonchev–Trinajstić information content (AvgIpc) is 3.22. The highest BCUT2D eigenvalue weighted by Gasteiger charge is 2.19. The van der Waals surface area contributed by atoms with Crippen LogP contribution < -0.4 is 29.2 Å². The quantitative estimate of drug-likeness (QED) is 0.587. The molecule has 0 radical (unpaired) electrons. The standard InChI is InChI=1S/C22H24N2O6/c1-24(2)14-7-6-8-15(11-14)29-20-10-9-17(30-20)22(25)23-21-18(27-4)12-16(26-3)13-19(21)28-5/h6-13H,1-5H3,(H,23,25). The Morgan fingerprint density at radius 3 is 2.20 bits per heavy atom. The van der Waals surface area contributed by atoms with E-state index in [0.717, 1.165) is 5.69 Å². The van der Waals surface area contributed by atoms with Gasteiger partial charge in [0.15, 0.2) is 5.76 Å². The van der Waals surface area contributed by atoms with Crippen LogP contribution in [-0.2, 0) is 0 Å². The van der Waals surface area contributed by atoms with Crippen molar-refractivity contribution in [3.63, 3.8) is 0 Å². The lowest BCUT2D eigenvalue weighted by Gasteiger charge is -2.15. The number of furan rings is 1. The second-order valence-corrected chi connectivity index (χ2v) is 6.47. The van der Waals surface area contributed by atoms with Crippen molar-refractivity contribution in [3.8, 4) is 28.9 Å². The molecule has 30 heavy (non-hydrogen) atoms. The molecule has 0 saturated heterocycles. The summed E-state index contributed by atoms with van der Waals surface area (Å²) in [5, 5.41) is 2.75. The highest BCUT2D eigenvalue weighted by molar-refractivity contribution is 6.04. The lowest BCUT2D eigenvalue weighted by molar-refractivity contribution is 0.0991. The van der Waals surface area contributed by atoms with Gasteiger partial charge in [0.1, 0.15) is 28.7 Å². The summed E-state index contributed by atoms with van der Waals surface area (Å²) in [6.07, 6.45) is 0. The first-order chi connectivity index (χ1) is 14.4. The van der Waals surface area contributed by atoms with Crippen LogP contribution >= 0.6 is 0 Å². The highest BCUT2D eigenvalue weighted by Crippen LogP contribution is 2.39. The summed E-state index contributed by atoms with van der Waals surface area (Å²) in [6.45, 7) is 0. The zero-order chi connectivity index (χ0) is 21.7. The molecule has 2 aromatic carbocycles. The van der Waals surface area contributed by atoms with Gasteiger partial charge in [-0.25, -0.2) is 0 Å². The summed E-state index contributed by atoms with van der Waals surface area (Å²) in [6, 6.07) is 13.9. The molecule has 8 nitrogen and oxygen atoms in total. The molecule has 3 rings (SSSR count). The lowest BCUT2D eigenvalue weighted by atomic mass is 10.2. The smallest absolute Gasteiger partial charge is 0.291 e. The second kappa shape index (κ2) is 9.13. The number of rotatable bonds is 8. The predicted octanol–water partition coefficient (Wildman–Crippen LogP) is 4.42. The average molecular weight is 412 g/mol. The number of carbonyl (C=O) groups is 1. The van der Waals surface area contributed by atoms with Crippen LogP contribution in [0.1, 0.15) is 10.6 Å². The van der Waals surface area contributed by atoms with Crippen LogP contribution in [0, 0.1) is 0 Å². The van der Waals surface area contributed by atoms with Gasteiger partial charge in [0, 0.05) is 44.0 Å². The van der Waals surface area contributed by atoms with Gasteiger partial charge in [-0.2, -0.15) is 0 Å². The van der Waals surface area contributed by atoms with E-state index in [4.69, 9.17) is 23.4 Å². The number of nitrogens with one attached hydrogen (secondary N) is 1. The van der Waals surface area contributed by atoms with E-state index < -0.39 is 5.91 Å². The third-order valence-electron chi connectivity index (χ3n) is 4.31.